The van der Waals surface area contributed by atoms with Gasteiger partial charge in [-0.1, -0.05) is 11.8 Å². The molecule has 1 heterocycles. The number of nitrogens with two attached hydrogens (primary N) is 1. The van der Waals surface area contributed by atoms with Crippen LogP contribution < -0.4 is 5.73 Å². The summed E-state index contributed by atoms with van der Waals surface area (Å²) in [5.74, 6) is 0.817. The van der Waals surface area contributed by atoms with Gasteiger partial charge in [0.25, 0.3) is 0 Å². The third-order valence-electron chi connectivity index (χ3n) is 2.97. The summed E-state index contributed by atoms with van der Waals surface area (Å²) in [6.07, 6.45) is 2.86. The SMILES string of the molecule is CCn1c(CN)nnc1SC1CCCC1O. The van der Waals surface area contributed by atoms with Crippen molar-refractivity contribution in [2.75, 3.05) is 0 Å². The summed E-state index contributed by atoms with van der Waals surface area (Å²) in [5.41, 5.74) is 5.59. The van der Waals surface area contributed by atoms with E-state index in [1.165, 1.54) is 0 Å². The molecule has 6 heteroatoms. The number of nitrogens with zero attached hydrogens (tertiary/aromatic N) is 3. The van der Waals surface area contributed by atoms with Gasteiger partial charge in [0.05, 0.1) is 12.6 Å². The van der Waals surface area contributed by atoms with Crippen molar-refractivity contribution >= 4 is 11.8 Å². The zero-order chi connectivity index (χ0) is 11.5. The Kier molecular flexibility index (Phi) is 3.83. The molecule has 16 heavy (non-hydrogen) atoms. The molecule has 0 spiro atoms. The second kappa shape index (κ2) is 5.16. The molecule has 2 unspecified atom stereocenters. The molecule has 0 amide bonds. The highest BCUT2D eigenvalue weighted by atomic mass is 32.2. The summed E-state index contributed by atoms with van der Waals surface area (Å²) in [4.78, 5) is 0. The molecule has 5 nitrogen and oxygen atoms in total. The summed E-state index contributed by atoms with van der Waals surface area (Å²) < 4.78 is 2.02. The van der Waals surface area contributed by atoms with E-state index in [4.69, 9.17) is 5.73 Å². The second-order valence-electron chi connectivity index (χ2n) is 4.00. The largest absolute Gasteiger partial charge is 0.392 e. The number of hydrogen-bond donors (Lipinski definition) is 2. The minimum Gasteiger partial charge on any atom is -0.392 e. The van der Waals surface area contributed by atoms with Crippen LogP contribution in [0.15, 0.2) is 5.16 Å². The Bertz CT molecular complexity index is 355. The molecule has 3 N–H and O–H groups in total. The molecule has 0 radical (unpaired) electrons. The van der Waals surface area contributed by atoms with Gasteiger partial charge in [0.1, 0.15) is 5.82 Å². The van der Waals surface area contributed by atoms with Crippen LogP contribution in [0.4, 0.5) is 0 Å². The van der Waals surface area contributed by atoms with Gasteiger partial charge in [0.2, 0.25) is 0 Å². The van der Waals surface area contributed by atoms with Crippen LogP contribution in [0.2, 0.25) is 0 Å². The summed E-state index contributed by atoms with van der Waals surface area (Å²) >= 11 is 1.63. The average Bonchev–Trinajstić information content (AvgIpc) is 2.86. The summed E-state index contributed by atoms with van der Waals surface area (Å²) in [7, 11) is 0. The maximum atomic E-state index is 9.77. The predicted octanol–water partition coefficient (Wildman–Crippen LogP) is 0.762. The third-order valence-corrected chi connectivity index (χ3v) is 4.33. The first kappa shape index (κ1) is 11.9. The molecular weight excluding hydrogens is 224 g/mol. The van der Waals surface area contributed by atoms with Crippen molar-refractivity contribution in [1.82, 2.24) is 14.8 Å². The van der Waals surface area contributed by atoms with Crippen LogP contribution in [0.5, 0.6) is 0 Å². The van der Waals surface area contributed by atoms with Gasteiger partial charge >= 0.3 is 0 Å². The van der Waals surface area contributed by atoms with Gasteiger partial charge in [-0.15, -0.1) is 10.2 Å². The Labute approximate surface area is 99.4 Å². The van der Waals surface area contributed by atoms with Crippen LogP contribution in [0.25, 0.3) is 0 Å². The van der Waals surface area contributed by atoms with Crippen molar-refractivity contribution in [3.8, 4) is 0 Å². The van der Waals surface area contributed by atoms with Crippen LogP contribution in [0, 0.1) is 0 Å². The topological polar surface area (TPSA) is 77.0 Å². The van der Waals surface area contributed by atoms with E-state index in [2.05, 4.69) is 17.1 Å². The predicted molar refractivity (Wildman–Crippen MR) is 63.1 cm³/mol. The smallest absolute Gasteiger partial charge is 0.191 e. The van der Waals surface area contributed by atoms with E-state index in [-0.39, 0.29) is 11.4 Å². The molecule has 1 aliphatic carbocycles. The fourth-order valence-electron chi connectivity index (χ4n) is 2.05. The van der Waals surface area contributed by atoms with Crippen molar-refractivity contribution in [2.45, 2.75) is 55.8 Å². The average molecular weight is 242 g/mol. The molecule has 1 fully saturated rings. The first-order valence-corrected chi connectivity index (χ1v) is 6.61. The quantitative estimate of drug-likeness (QED) is 0.815. The normalized spacial score (nSPS) is 25.2. The third kappa shape index (κ3) is 2.23. The maximum Gasteiger partial charge on any atom is 0.191 e. The van der Waals surface area contributed by atoms with Gasteiger partial charge in [-0.05, 0) is 26.2 Å². The minimum atomic E-state index is -0.201. The van der Waals surface area contributed by atoms with Gasteiger partial charge in [0, 0.05) is 11.8 Å². The monoisotopic (exact) mass is 242 g/mol. The Morgan fingerprint density at radius 2 is 2.31 bits per heavy atom. The van der Waals surface area contributed by atoms with E-state index >= 15 is 0 Å². The second-order valence-corrected chi connectivity index (χ2v) is 5.21. The lowest BCUT2D eigenvalue weighted by molar-refractivity contribution is 0.188. The number of thioether (sulfide) groups is 1. The van der Waals surface area contributed by atoms with Crippen LogP contribution >= 0.6 is 11.8 Å². The molecule has 1 saturated carbocycles. The Morgan fingerprint density at radius 3 is 2.88 bits per heavy atom. The van der Waals surface area contributed by atoms with E-state index in [1.54, 1.807) is 11.8 Å². The van der Waals surface area contributed by atoms with Crippen LogP contribution in [-0.2, 0) is 13.1 Å². The van der Waals surface area contributed by atoms with E-state index in [9.17, 15) is 5.11 Å². The van der Waals surface area contributed by atoms with Gasteiger partial charge in [-0.25, -0.2) is 0 Å². The standard InChI is InChI=1S/C10H18N4OS/c1-2-14-9(6-11)12-13-10(14)16-8-5-3-4-7(8)15/h7-8,15H,2-6,11H2,1H3. The molecule has 2 rings (SSSR count). The van der Waals surface area contributed by atoms with Crippen molar-refractivity contribution in [2.24, 2.45) is 5.73 Å². The number of rotatable bonds is 4. The molecule has 0 aliphatic heterocycles. The van der Waals surface area contributed by atoms with E-state index in [0.29, 0.717) is 6.54 Å². The van der Waals surface area contributed by atoms with E-state index in [0.717, 1.165) is 36.8 Å². The zero-order valence-corrected chi connectivity index (χ0v) is 10.3. The molecule has 0 aromatic carbocycles. The fraction of sp³-hybridized carbons (Fsp3) is 0.800. The van der Waals surface area contributed by atoms with Gasteiger partial charge < -0.3 is 15.4 Å². The lowest BCUT2D eigenvalue weighted by Crippen LogP contribution is -2.16. The number of aliphatic hydroxyl groups is 1. The van der Waals surface area contributed by atoms with Crippen LogP contribution in [0.1, 0.15) is 32.0 Å². The van der Waals surface area contributed by atoms with Crippen molar-refractivity contribution in [3.05, 3.63) is 5.82 Å². The van der Waals surface area contributed by atoms with Crippen molar-refractivity contribution in [3.63, 3.8) is 0 Å². The first-order chi connectivity index (χ1) is 7.76. The van der Waals surface area contributed by atoms with Gasteiger partial charge in [-0.2, -0.15) is 0 Å². The molecular formula is C10H18N4OS. The molecule has 1 aromatic heterocycles. The van der Waals surface area contributed by atoms with Crippen LogP contribution in [-0.4, -0.2) is 31.2 Å². The number of aromatic nitrogens is 3. The highest BCUT2D eigenvalue weighted by Gasteiger charge is 2.28. The fourth-order valence-corrected chi connectivity index (χ4v) is 3.35. The first-order valence-electron chi connectivity index (χ1n) is 5.73. The molecule has 0 bridgehead atoms. The van der Waals surface area contributed by atoms with Crippen LogP contribution in [0.3, 0.4) is 0 Å². The maximum absolute atomic E-state index is 9.77. The number of aliphatic hydroxyl groups excluding tert-OH is 1. The molecule has 0 saturated heterocycles. The van der Waals surface area contributed by atoms with E-state index < -0.39 is 0 Å². The van der Waals surface area contributed by atoms with Gasteiger partial charge in [-0.3, -0.25) is 0 Å². The molecule has 2 atom stereocenters. The zero-order valence-electron chi connectivity index (χ0n) is 9.46. The number of hydrogen-bond acceptors (Lipinski definition) is 5. The Hall–Kier alpha value is -0.590. The summed E-state index contributed by atoms with van der Waals surface area (Å²) in [6.45, 7) is 3.29. The van der Waals surface area contributed by atoms with Crippen molar-refractivity contribution in [1.29, 1.82) is 0 Å². The van der Waals surface area contributed by atoms with Crippen molar-refractivity contribution < 1.29 is 5.11 Å². The van der Waals surface area contributed by atoms with E-state index in [1.807, 2.05) is 4.57 Å². The minimum absolute atomic E-state index is 0.201. The Balaban J connectivity index is 2.11. The lowest BCUT2D eigenvalue weighted by Gasteiger charge is -2.13. The molecule has 1 aromatic rings. The highest BCUT2D eigenvalue weighted by molar-refractivity contribution is 7.99. The summed E-state index contributed by atoms with van der Waals surface area (Å²) in [6, 6.07) is 0. The molecule has 90 valence electrons. The summed E-state index contributed by atoms with van der Waals surface area (Å²) in [5, 5.41) is 19.1. The Morgan fingerprint density at radius 1 is 1.50 bits per heavy atom. The van der Waals surface area contributed by atoms with Gasteiger partial charge in [0.15, 0.2) is 5.16 Å². The highest BCUT2D eigenvalue weighted by Crippen LogP contribution is 2.34. The lowest BCUT2D eigenvalue weighted by atomic mass is 10.3. The molecule has 1 aliphatic rings.